The zero-order chi connectivity index (χ0) is 21.2. The minimum atomic E-state index is -0.235. The maximum absolute atomic E-state index is 12.3. The van der Waals surface area contributed by atoms with Crippen molar-refractivity contribution in [1.82, 2.24) is 4.98 Å². The molecule has 0 atom stereocenters. The van der Waals surface area contributed by atoms with Crippen molar-refractivity contribution in [1.29, 1.82) is 0 Å². The minimum absolute atomic E-state index is 0.0673. The molecule has 31 heavy (non-hydrogen) atoms. The first-order chi connectivity index (χ1) is 15.2. The quantitative estimate of drug-likeness (QED) is 0.389. The van der Waals surface area contributed by atoms with Crippen molar-refractivity contribution in [3.8, 4) is 17.2 Å². The van der Waals surface area contributed by atoms with E-state index in [0.717, 1.165) is 33.0 Å². The number of aromatic nitrogens is 1. The Bertz CT molecular complexity index is 1390. The maximum Gasteiger partial charge on any atom is 0.262 e. The van der Waals surface area contributed by atoms with Crippen LogP contribution in [-0.2, 0) is 4.79 Å². The van der Waals surface area contributed by atoms with Crippen molar-refractivity contribution >= 4 is 33.5 Å². The molecule has 152 valence electrons. The van der Waals surface area contributed by atoms with Crippen LogP contribution in [0.4, 0.5) is 5.69 Å². The Balaban J connectivity index is 1.34. The summed E-state index contributed by atoms with van der Waals surface area (Å²) in [7, 11) is 0. The Morgan fingerprint density at radius 2 is 1.81 bits per heavy atom. The number of oxazole rings is 1. The standard InChI is InChI=1S/C26H20N2O3/c1-17-9-12-21(13-10-17)30-16-24(29)27-20-7-4-6-19(15-20)26-28-25-22-8-3-2-5-18(22)11-14-23(25)31-26/h2-15H,16H2,1H3,(H,27,29). The van der Waals surface area contributed by atoms with Crippen LogP contribution in [0.3, 0.4) is 0 Å². The summed E-state index contributed by atoms with van der Waals surface area (Å²) in [6, 6.07) is 27.1. The van der Waals surface area contributed by atoms with Gasteiger partial charge in [-0.15, -0.1) is 0 Å². The van der Waals surface area contributed by atoms with Crippen LogP contribution in [0, 0.1) is 6.92 Å². The molecule has 0 fully saturated rings. The molecule has 0 saturated heterocycles. The number of carbonyl (C=O) groups is 1. The zero-order valence-corrected chi connectivity index (χ0v) is 17.0. The summed E-state index contributed by atoms with van der Waals surface area (Å²) in [5.41, 5.74) is 4.14. The fourth-order valence-electron chi connectivity index (χ4n) is 3.50. The van der Waals surface area contributed by atoms with Crippen LogP contribution in [0.1, 0.15) is 5.56 Å². The third-order valence-electron chi connectivity index (χ3n) is 5.07. The van der Waals surface area contributed by atoms with E-state index in [1.165, 1.54) is 0 Å². The number of carbonyl (C=O) groups excluding carboxylic acids is 1. The second-order valence-corrected chi connectivity index (χ2v) is 7.38. The number of nitrogens with one attached hydrogen (secondary N) is 1. The van der Waals surface area contributed by atoms with Crippen molar-refractivity contribution in [3.63, 3.8) is 0 Å². The first-order valence-corrected chi connectivity index (χ1v) is 10.0. The number of hydrogen-bond donors (Lipinski definition) is 1. The molecule has 5 aromatic rings. The first-order valence-electron chi connectivity index (χ1n) is 10.0. The largest absolute Gasteiger partial charge is 0.484 e. The van der Waals surface area contributed by atoms with Crippen LogP contribution < -0.4 is 10.1 Å². The molecule has 0 radical (unpaired) electrons. The molecule has 1 heterocycles. The highest BCUT2D eigenvalue weighted by Gasteiger charge is 2.12. The van der Waals surface area contributed by atoms with E-state index in [1.54, 1.807) is 0 Å². The molecule has 0 aliphatic carbocycles. The van der Waals surface area contributed by atoms with Gasteiger partial charge in [0.2, 0.25) is 5.89 Å². The normalized spacial score (nSPS) is 11.0. The van der Waals surface area contributed by atoms with E-state index in [4.69, 9.17) is 14.1 Å². The van der Waals surface area contributed by atoms with Crippen LogP contribution in [0.15, 0.2) is 89.3 Å². The van der Waals surface area contributed by atoms with E-state index < -0.39 is 0 Å². The number of anilines is 1. The van der Waals surface area contributed by atoms with E-state index in [-0.39, 0.29) is 12.5 Å². The summed E-state index contributed by atoms with van der Waals surface area (Å²) >= 11 is 0. The Kier molecular flexibility index (Phi) is 4.84. The molecule has 0 aliphatic rings. The van der Waals surface area contributed by atoms with Gasteiger partial charge in [-0.3, -0.25) is 4.79 Å². The highest BCUT2D eigenvalue weighted by molar-refractivity contribution is 6.04. The Morgan fingerprint density at radius 1 is 0.968 bits per heavy atom. The lowest BCUT2D eigenvalue weighted by molar-refractivity contribution is -0.118. The molecule has 1 aromatic heterocycles. The molecule has 0 aliphatic heterocycles. The van der Waals surface area contributed by atoms with Crippen molar-refractivity contribution in [2.24, 2.45) is 0 Å². The van der Waals surface area contributed by atoms with Crippen LogP contribution in [-0.4, -0.2) is 17.5 Å². The number of ether oxygens (including phenoxy) is 1. The Labute approximate surface area is 179 Å². The second kappa shape index (κ2) is 7.95. The molecule has 1 N–H and O–H groups in total. The molecule has 5 rings (SSSR count). The molecule has 5 heteroatoms. The van der Waals surface area contributed by atoms with Gasteiger partial charge in [-0.1, -0.05) is 54.1 Å². The third kappa shape index (κ3) is 3.98. The van der Waals surface area contributed by atoms with E-state index in [9.17, 15) is 4.79 Å². The van der Waals surface area contributed by atoms with E-state index >= 15 is 0 Å². The number of benzene rings is 4. The van der Waals surface area contributed by atoms with E-state index in [1.807, 2.05) is 85.8 Å². The predicted octanol–water partition coefficient (Wildman–Crippen LogP) is 5.97. The van der Waals surface area contributed by atoms with Gasteiger partial charge in [0.25, 0.3) is 5.91 Å². The minimum Gasteiger partial charge on any atom is -0.484 e. The monoisotopic (exact) mass is 408 g/mol. The summed E-state index contributed by atoms with van der Waals surface area (Å²) in [6.45, 7) is 1.94. The Hall–Kier alpha value is -4.12. The zero-order valence-electron chi connectivity index (χ0n) is 17.0. The fraction of sp³-hybridized carbons (Fsp3) is 0.0769. The number of rotatable bonds is 5. The van der Waals surface area contributed by atoms with Gasteiger partial charge in [-0.2, -0.15) is 0 Å². The van der Waals surface area contributed by atoms with Crippen LogP contribution in [0.5, 0.6) is 5.75 Å². The highest BCUT2D eigenvalue weighted by Crippen LogP contribution is 2.30. The number of amides is 1. The average Bonchev–Trinajstić information content (AvgIpc) is 3.24. The number of hydrogen-bond acceptors (Lipinski definition) is 4. The smallest absolute Gasteiger partial charge is 0.262 e. The molecule has 0 spiro atoms. The summed E-state index contributed by atoms with van der Waals surface area (Å²) in [6.07, 6.45) is 0. The lowest BCUT2D eigenvalue weighted by atomic mass is 10.1. The molecular formula is C26H20N2O3. The number of nitrogens with zero attached hydrogens (tertiary/aromatic N) is 1. The van der Waals surface area contributed by atoms with Gasteiger partial charge in [0.05, 0.1) is 0 Å². The summed E-state index contributed by atoms with van der Waals surface area (Å²) in [4.78, 5) is 17.0. The van der Waals surface area contributed by atoms with Crippen molar-refractivity contribution in [3.05, 3.63) is 90.5 Å². The van der Waals surface area contributed by atoms with Gasteiger partial charge < -0.3 is 14.5 Å². The van der Waals surface area contributed by atoms with Gasteiger partial charge >= 0.3 is 0 Å². The van der Waals surface area contributed by atoms with Crippen molar-refractivity contribution in [2.45, 2.75) is 6.92 Å². The average molecular weight is 408 g/mol. The molecule has 0 bridgehead atoms. The Morgan fingerprint density at radius 3 is 2.68 bits per heavy atom. The predicted molar refractivity (Wildman–Crippen MR) is 122 cm³/mol. The van der Waals surface area contributed by atoms with Gasteiger partial charge in [0.1, 0.15) is 11.3 Å². The second-order valence-electron chi connectivity index (χ2n) is 7.38. The van der Waals surface area contributed by atoms with Crippen LogP contribution in [0.25, 0.3) is 33.3 Å². The molecule has 1 amide bonds. The number of fused-ring (bicyclic) bond motifs is 3. The summed E-state index contributed by atoms with van der Waals surface area (Å²) in [5.74, 6) is 0.938. The van der Waals surface area contributed by atoms with Gasteiger partial charge in [0.15, 0.2) is 12.2 Å². The summed E-state index contributed by atoms with van der Waals surface area (Å²) in [5, 5.41) is 5.03. The molecule has 4 aromatic carbocycles. The van der Waals surface area contributed by atoms with E-state index in [0.29, 0.717) is 17.3 Å². The van der Waals surface area contributed by atoms with Crippen molar-refractivity contribution < 1.29 is 13.9 Å². The van der Waals surface area contributed by atoms with Crippen LogP contribution in [0.2, 0.25) is 0 Å². The lowest BCUT2D eigenvalue weighted by Gasteiger charge is -2.08. The van der Waals surface area contributed by atoms with E-state index in [2.05, 4.69) is 11.4 Å². The SMILES string of the molecule is Cc1ccc(OCC(=O)Nc2cccc(-c3nc4c(ccc5ccccc54)o3)c2)cc1. The van der Waals surface area contributed by atoms with Gasteiger partial charge in [-0.05, 0) is 48.7 Å². The van der Waals surface area contributed by atoms with Gasteiger partial charge in [0, 0.05) is 16.6 Å². The third-order valence-corrected chi connectivity index (χ3v) is 5.07. The van der Waals surface area contributed by atoms with Crippen molar-refractivity contribution in [2.75, 3.05) is 11.9 Å². The molecule has 5 nitrogen and oxygen atoms in total. The maximum atomic E-state index is 12.3. The van der Waals surface area contributed by atoms with Crippen LogP contribution >= 0.6 is 0 Å². The fourth-order valence-corrected chi connectivity index (χ4v) is 3.50. The topological polar surface area (TPSA) is 64.4 Å². The van der Waals surface area contributed by atoms with Gasteiger partial charge in [-0.25, -0.2) is 4.98 Å². The lowest BCUT2D eigenvalue weighted by Crippen LogP contribution is -2.20. The number of aryl methyl sites for hydroxylation is 1. The summed E-state index contributed by atoms with van der Waals surface area (Å²) < 4.78 is 11.5. The molecule has 0 unspecified atom stereocenters. The highest BCUT2D eigenvalue weighted by atomic mass is 16.5. The molecule has 0 saturated carbocycles. The first kappa shape index (κ1) is 18.9. The molecular weight excluding hydrogens is 388 g/mol.